The second-order valence-corrected chi connectivity index (χ2v) is 7.51. The van der Waals surface area contributed by atoms with Crippen LogP contribution in [0.4, 0.5) is 10.1 Å². The summed E-state index contributed by atoms with van der Waals surface area (Å²) in [5.41, 5.74) is 0.972. The van der Waals surface area contributed by atoms with Crippen LogP contribution in [0.1, 0.15) is 6.42 Å². The molecule has 0 saturated carbocycles. The molecule has 1 saturated heterocycles. The maximum atomic E-state index is 13.0. The quantitative estimate of drug-likeness (QED) is 0.914. The number of benzene rings is 2. The molecule has 1 heterocycles. The molecule has 0 radical (unpaired) electrons. The fourth-order valence-corrected chi connectivity index (χ4v) is 3.93. The predicted octanol–water partition coefficient (Wildman–Crippen LogP) is 2.63. The Bertz CT molecular complexity index is 748. The molecule has 23 heavy (non-hydrogen) atoms. The van der Waals surface area contributed by atoms with Gasteiger partial charge < -0.3 is 4.90 Å². The third kappa shape index (κ3) is 3.89. The predicted molar refractivity (Wildman–Crippen MR) is 88.4 cm³/mol. The van der Waals surface area contributed by atoms with Crippen LogP contribution in [0.3, 0.4) is 0 Å². The zero-order chi connectivity index (χ0) is 16.3. The minimum Gasteiger partial charge on any atom is -0.371 e. The van der Waals surface area contributed by atoms with Gasteiger partial charge in [0.25, 0.3) is 0 Å². The Morgan fingerprint density at radius 2 is 1.78 bits per heavy atom. The Hall–Kier alpha value is -1.92. The van der Waals surface area contributed by atoms with Crippen molar-refractivity contribution in [2.24, 2.45) is 5.92 Å². The summed E-state index contributed by atoms with van der Waals surface area (Å²) < 4.78 is 40.1. The van der Waals surface area contributed by atoms with E-state index in [4.69, 9.17) is 0 Å². The van der Waals surface area contributed by atoms with Gasteiger partial charge in [-0.15, -0.1) is 0 Å². The second-order valence-electron chi connectivity index (χ2n) is 5.74. The van der Waals surface area contributed by atoms with Crippen LogP contribution in [0.15, 0.2) is 59.5 Å². The van der Waals surface area contributed by atoms with Gasteiger partial charge in [0.1, 0.15) is 5.82 Å². The lowest BCUT2D eigenvalue weighted by Gasteiger charge is -2.18. The molecule has 0 amide bonds. The summed E-state index contributed by atoms with van der Waals surface area (Å²) in [4.78, 5) is 2.44. The molecule has 0 aliphatic carbocycles. The fourth-order valence-electron chi connectivity index (χ4n) is 2.80. The molecule has 1 unspecified atom stereocenters. The Kier molecular flexibility index (Phi) is 4.63. The Morgan fingerprint density at radius 3 is 2.48 bits per heavy atom. The van der Waals surface area contributed by atoms with Crippen LogP contribution in [0.25, 0.3) is 0 Å². The van der Waals surface area contributed by atoms with Gasteiger partial charge in [0.2, 0.25) is 10.0 Å². The van der Waals surface area contributed by atoms with Crippen molar-refractivity contribution in [2.45, 2.75) is 11.3 Å². The Balaban J connectivity index is 1.57. The van der Waals surface area contributed by atoms with Gasteiger partial charge in [0.15, 0.2) is 0 Å². The van der Waals surface area contributed by atoms with Gasteiger partial charge in [-0.05, 0) is 48.7 Å². The topological polar surface area (TPSA) is 49.4 Å². The van der Waals surface area contributed by atoms with Gasteiger partial charge in [-0.2, -0.15) is 0 Å². The SMILES string of the molecule is O=S(=O)(NCC1CCN(c2ccc(F)cc2)C1)c1ccccc1. The zero-order valence-electron chi connectivity index (χ0n) is 12.7. The molecule has 2 aromatic rings. The molecule has 3 rings (SSSR count). The van der Waals surface area contributed by atoms with E-state index in [9.17, 15) is 12.8 Å². The molecule has 1 atom stereocenters. The van der Waals surface area contributed by atoms with E-state index in [1.807, 2.05) is 0 Å². The van der Waals surface area contributed by atoms with Crippen LogP contribution in [-0.2, 0) is 10.0 Å². The van der Waals surface area contributed by atoms with Crippen molar-refractivity contribution >= 4 is 15.7 Å². The van der Waals surface area contributed by atoms with Gasteiger partial charge in [-0.3, -0.25) is 0 Å². The molecule has 4 nitrogen and oxygen atoms in total. The van der Waals surface area contributed by atoms with Crippen molar-refractivity contribution in [1.29, 1.82) is 0 Å². The second kappa shape index (κ2) is 6.68. The van der Waals surface area contributed by atoms with E-state index in [1.54, 1.807) is 42.5 Å². The lowest BCUT2D eigenvalue weighted by Crippen LogP contribution is -2.31. The van der Waals surface area contributed by atoms with Crippen LogP contribution in [0, 0.1) is 11.7 Å². The molecule has 1 fully saturated rings. The summed E-state index contributed by atoms with van der Waals surface area (Å²) in [6.45, 7) is 2.03. The molecular weight excluding hydrogens is 315 g/mol. The van der Waals surface area contributed by atoms with Crippen molar-refractivity contribution < 1.29 is 12.8 Å². The molecule has 122 valence electrons. The van der Waals surface area contributed by atoms with Crippen LogP contribution < -0.4 is 9.62 Å². The smallest absolute Gasteiger partial charge is 0.240 e. The molecular formula is C17H19FN2O2S. The third-order valence-electron chi connectivity index (χ3n) is 4.09. The number of halogens is 1. The first-order chi connectivity index (χ1) is 11.0. The third-order valence-corrected chi connectivity index (χ3v) is 5.53. The first kappa shape index (κ1) is 16.0. The largest absolute Gasteiger partial charge is 0.371 e. The summed E-state index contributed by atoms with van der Waals surface area (Å²) in [5, 5.41) is 0. The first-order valence-electron chi connectivity index (χ1n) is 7.60. The number of sulfonamides is 1. The number of hydrogen-bond donors (Lipinski definition) is 1. The van der Waals surface area contributed by atoms with Crippen LogP contribution in [0.2, 0.25) is 0 Å². The molecule has 0 bridgehead atoms. The van der Waals surface area contributed by atoms with Gasteiger partial charge in [-0.25, -0.2) is 17.5 Å². The van der Waals surface area contributed by atoms with Crippen molar-refractivity contribution in [1.82, 2.24) is 4.72 Å². The summed E-state index contributed by atoms with van der Waals surface area (Å²) in [6, 6.07) is 14.8. The van der Waals surface area contributed by atoms with E-state index in [1.165, 1.54) is 12.1 Å². The Morgan fingerprint density at radius 1 is 1.09 bits per heavy atom. The number of anilines is 1. The lowest BCUT2D eigenvalue weighted by atomic mass is 10.1. The lowest BCUT2D eigenvalue weighted by molar-refractivity contribution is 0.541. The molecule has 1 aliphatic rings. The molecule has 0 aromatic heterocycles. The number of nitrogens with zero attached hydrogens (tertiary/aromatic N) is 1. The van der Waals surface area contributed by atoms with E-state index in [2.05, 4.69) is 9.62 Å². The maximum Gasteiger partial charge on any atom is 0.240 e. The van der Waals surface area contributed by atoms with Crippen molar-refractivity contribution in [3.05, 3.63) is 60.4 Å². The standard InChI is InChI=1S/C17H19FN2O2S/c18-15-6-8-16(9-7-15)20-11-10-14(13-20)12-19-23(21,22)17-4-2-1-3-5-17/h1-9,14,19H,10-13H2. The highest BCUT2D eigenvalue weighted by Gasteiger charge is 2.24. The molecule has 0 spiro atoms. The van der Waals surface area contributed by atoms with Crippen molar-refractivity contribution in [3.63, 3.8) is 0 Å². The molecule has 2 aromatic carbocycles. The molecule has 1 N–H and O–H groups in total. The minimum atomic E-state index is -3.45. The number of hydrogen-bond acceptors (Lipinski definition) is 3. The van der Waals surface area contributed by atoms with E-state index in [-0.39, 0.29) is 16.6 Å². The highest BCUT2D eigenvalue weighted by atomic mass is 32.2. The van der Waals surface area contributed by atoms with E-state index >= 15 is 0 Å². The van der Waals surface area contributed by atoms with Gasteiger partial charge in [0.05, 0.1) is 4.90 Å². The van der Waals surface area contributed by atoms with Gasteiger partial charge in [0, 0.05) is 25.3 Å². The van der Waals surface area contributed by atoms with Gasteiger partial charge in [-0.1, -0.05) is 18.2 Å². The van der Waals surface area contributed by atoms with E-state index in [0.29, 0.717) is 6.54 Å². The molecule has 6 heteroatoms. The monoisotopic (exact) mass is 334 g/mol. The zero-order valence-corrected chi connectivity index (χ0v) is 13.5. The first-order valence-corrected chi connectivity index (χ1v) is 9.08. The average Bonchev–Trinajstić information content (AvgIpc) is 3.04. The van der Waals surface area contributed by atoms with E-state index in [0.717, 1.165) is 25.2 Å². The van der Waals surface area contributed by atoms with E-state index < -0.39 is 10.0 Å². The van der Waals surface area contributed by atoms with Crippen LogP contribution in [-0.4, -0.2) is 28.1 Å². The summed E-state index contributed by atoms with van der Waals surface area (Å²) in [5.74, 6) is -0.00124. The summed E-state index contributed by atoms with van der Waals surface area (Å²) >= 11 is 0. The van der Waals surface area contributed by atoms with Crippen LogP contribution >= 0.6 is 0 Å². The molecule has 1 aliphatic heterocycles. The number of rotatable bonds is 5. The minimum absolute atomic E-state index is 0.249. The number of nitrogens with one attached hydrogen (secondary N) is 1. The highest BCUT2D eigenvalue weighted by Crippen LogP contribution is 2.24. The highest BCUT2D eigenvalue weighted by molar-refractivity contribution is 7.89. The van der Waals surface area contributed by atoms with Crippen molar-refractivity contribution in [3.8, 4) is 0 Å². The van der Waals surface area contributed by atoms with Gasteiger partial charge >= 0.3 is 0 Å². The van der Waals surface area contributed by atoms with Crippen molar-refractivity contribution in [2.75, 3.05) is 24.5 Å². The normalized spacial score (nSPS) is 18.3. The van der Waals surface area contributed by atoms with Crippen LogP contribution in [0.5, 0.6) is 0 Å². The summed E-state index contributed by atoms with van der Waals surface area (Å²) in [7, 11) is -3.45. The average molecular weight is 334 g/mol. The summed E-state index contributed by atoms with van der Waals surface area (Å²) in [6.07, 6.45) is 0.911. The Labute approximate surface area is 136 Å². The maximum absolute atomic E-state index is 13.0. The fraction of sp³-hybridized carbons (Fsp3) is 0.294.